The number of ether oxygens (including phenoxy) is 10. The van der Waals surface area contributed by atoms with E-state index in [0.717, 1.165) is 25.1 Å². The number of esters is 2. The Morgan fingerprint density at radius 2 is 0.889 bits per heavy atom. The monoisotopic (exact) mass is 783 g/mol. The van der Waals surface area contributed by atoms with Crippen molar-refractivity contribution in [3.8, 4) is 5.75 Å². The average Bonchev–Trinajstić information content (AvgIpc) is 3.18. The summed E-state index contributed by atoms with van der Waals surface area (Å²) < 4.78 is 119. The highest BCUT2D eigenvalue weighted by molar-refractivity contribution is 5.89. The minimum Gasteiger partial charge on any atom is -0.460 e. The van der Waals surface area contributed by atoms with Crippen LogP contribution >= 0.6 is 0 Å². The lowest BCUT2D eigenvalue weighted by molar-refractivity contribution is -0.136. The van der Waals surface area contributed by atoms with Crippen molar-refractivity contribution in [2.75, 3.05) is 124 Å². The first kappa shape index (κ1) is 46.7. The third-order valence-corrected chi connectivity index (χ3v) is 6.88. The zero-order valence-corrected chi connectivity index (χ0v) is 30.4. The lowest BCUT2D eigenvalue weighted by Gasteiger charge is -2.09. The SMILES string of the molecule is CCCCNc1ccc(C(=O)OCCOCCOCCOCCOCCOCCOCCOCCOCCC(=O)Oc2c(F)c(F)c(F)c(F)c2F)cc1. The number of hydrogen-bond acceptors (Lipinski definition) is 13. The second kappa shape index (κ2) is 29.8. The maximum absolute atomic E-state index is 13.6. The predicted octanol–water partition coefficient (Wildman–Crippen LogP) is 4.88. The van der Waals surface area contributed by atoms with Crippen LogP contribution in [0.15, 0.2) is 24.3 Å². The van der Waals surface area contributed by atoms with E-state index in [1.165, 1.54) is 0 Å². The Balaban J connectivity index is 1.25. The van der Waals surface area contributed by atoms with Gasteiger partial charge in [-0.1, -0.05) is 13.3 Å². The Kier molecular flexibility index (Phi) is 25.8. The summed E-state index contributed by atoms with van der Waals surface area (Å²) in [6.07, 6.45) is 1.71. The van der Waals surface area contributed by atoms with E-state index in [4.69, 9.17) is 42.6 Å². The summed E-state index contributed by atoms with van der Waals surface area (Å²) in [5.74, 6) is -14.6. The summed E-state index contributed by atoms with van der Waals surface area (Å²) in [5.41, 5.74) is 1.46. The standard InChI is InChI=1S/C36H50F5NO12/c1-2-3-9-42-28-6-4-27(5-7-28)36(44)53-26-25-52-24-23-51-22-21-50-20-19-49-18-17-48-16-15-47-14-13-46-12-11-45-10-8-29(43)54-35-33(40)31(38)30(37)32(39)34(35)41/h4-7,42H,2-3,8-26H2,1H3. The summed E-state index contributed by atoms with van der Waals surface area (Å²) in [7, 11) is 0. The molecule has 0 saturated heterocycles. The van der Waals surface area contributed by atoms with Crippen LogP contribution in [0.2, 0.25) is 0 Å². The number of unbranched alkanes of at least 4 members (excludes halogenated alkanes) is 1. The minimum absolute atomic E-state index is 0.0739. The zero-order chi connectivity index (χ0) is 39.2. The van der Waals surface area contributed by atoms with Crippen molar-refractivity contribution in [3.63, 3.8) is 0 Å². The van der Waals surface area contributed by atoms with E-state index in [1.807, 2.05) is 12.1 Å². The molecule has 0 atom stereocenters. The Hall–Kier alpha value is -3.49. The van der Waals surface area contributed by atoms with Crippen molar-refractivity contribution in [2.24, 2.45) is 0 Å². The van der Waals surface area contributed by atoms with Crippen LogP contribution in [-0.2, 0) is 47.4 Å². The van der Waals surface area contributed by atoms with Gasteiger partial charge in [-0.25, -0.2) is 18.0 Å². The van der Waals surface area contributed by atoms with Crippen LogP contribution in [0.3, 0.4) is 0 Å². The van der Waals surface area contributed by atoms with Gasteiger partial charge in [-0.05, 0) is 30.7 Å². The molecule has 2 aromatic carbocycles. The molecule has 2 rings (SSSR count). The highest BCUT2D eigenvalue weighted by atomic mass is 19.2. The molecule has 0 aliphatic carbocycles. The smallest absolute Gasteiger partial charge is 0.338 e. The van der Waals surface area contributed by atoms with Gasteiger partial charge in [0, 0.05) is 12.2 Å². The van der Waals surface area contributed by atoms with Crippen molar-refractivity contribution >= 4 is 17.6 Å². The van der Waals surface area contributed by atoms with Crippen LogP contribution in [0.4, 0.5) is 27.6 Å². The summed E-state index contributed by atoms with van der Waals surface area (Å²) in [6.45, 7) is 7.92. The van der Waals surface area contributed by atoms with Crippen molar-refractivity contribution in [3.05, 3.63) is 58.9 Å². The first-order valence-corrected chi connectivity index (χ1v) is 17.6. The van der Waals surface area contributed by atoms with Gasteiger partial charge in [-0.3, -0.25) is 4.79 Å². The van der Waals surface area contributed by atoms with E-state index in [9.17, 15) is 31.5 Å². The third kappa shape index (κ3) is 20.3. The van der Waals surface area contributed by atoms with Gasteiger partial charge in [-0.2, -0.15) is 8.78 Å². The van der Waals surface area contributed by atoms with Gasteiger partial charge >= 0.3 is 11.9 Å². The van der Waals surface area contributed by atoms with Gasteiger partial charge in [-0.15, -0.1) is 0 Å². The van der Waals surface area contributed by atoms with E-state index in [2.05, 4.69) is 17.0 Å². The maximum Gasteiger partial charge on any atom is 0.338 e. The molecule has 306 valence electrons. The fourth-order valence-corrected chi connectivity index (χ4v) is 4.05. The highest BCUT2D eigenvalue weighted by Gasteiger charge is 2.28. The van der Waals surface area contributed by atoms with E-state index in [0.29, 0.717) is 78.2 Å². The summed E-state index contributed by atoms with van der Waals surface area (Å²) in [5, 5.41) is 3.30. The molecule has 0 aromatic heterocycles. The fourth-order valence-electron chi connectivity index (χ4n) is 4.05. The second-order valence-electron chi connectivity index (χ2n) is 11.0. The molecule has 0 heterocycles. The number of nitrogens with one attached hydrogen (secondary N) is 1. The first-order chi connectivity index (χ1) is 26.3. The molecule has 0 fully saturated rings. The molecule has 0 saturated carbocycles. The molecular weight excluding hydrogens is 733 g/mol. The lowest BCUT2D eigenvalue weighted by Crippen LogP contribution is -2.16. The number of rotatable bonds is 33. The molecular formula is C36H50F5NO12. The normalized spacial score (nSPS) is 11.2. The number of hydrogen-bond donors (Lipinski definition) is 1. The molecule has 1 N–H and O–H groups in total. The Bertz CT molecular complexity index is 1300. The molecule has 0 bridgehead atoms. The second-order valence-corrected chi connectivity index (χ2v) is 11.0. The average molecular weight is 784 g/mol. The lowest BCUT2D eigenvalue weighted by atomic mass is 10.2. The van der Waals surface area contributed by atoms with E-state index < -0.39 is 53.2 Å². The molecule has 0 spiro atoms. The summed E-state index contributed by atoms with van der Waals surface area (Å²) >= 11 is 0. The fraction of sp³-hybridized carbons (Fsp3) is 0.611. The van der Waals surface area contributed by atoms with Crippen molar-refractivity contribution in [2.45, 2.75) is 26.2 Å². The van der Waals surface area contributed by atoms with Crippen molar-refractivity contribution in [1.82, 2.24) is 0 Å². The van der Waals surface area contributed by atoms with Gasteiger partial charge in [0.2, 0.25) is 34.8 Å². The van der Waals surface area contributed by atoms with Crippen molar-refractivity contribution in [1.29, 1.82) is 0 Å². The van der Waals surface area contributed by atoms with Gasteiger partial charge in [0.1, 0.15) is 6.61 Å². The number of carbonyl (C=O) groups is 2. The number of anilines is 1. The first-order valence-electron chi connectivity index (χ1n) is 17.6. The highest BCUT2D eigenvalue weighted by Crippen LogP contribution is 2.29. The Labute approximate surface area is 311 Å². The van der Waals surface area contributed by atoms with Crippen molar-refractivity contribution < 1.29 is 78.9 Å². The quantitative estimate of drug-likeness (QED) is 0.0263. The Morgan fingerprint density at radius 3 is 1.30 bits per heavy atom. The minimum atomic E-state index is -2.35. The predicted molar refractivity (Wildman–Crippen MR) is 183 cm³/mol. The molecule has 0 unspecified atom stereocenters. The van der Waals surface area contributed by atoms with Crippen LogP contribution in [0, 0.1) is 29.1 Å². The summed E-state index contributed by atoms with van der Waals surface area (Å²) in [4.78, 5) is 23.8. The molecule has 0 aliphatic heterocycles. The van der Waals surface area contributed by atoms with Crippen LogP contribution < -0.4 is 10.1 Å². The van der Waals surface area contributed by atoms with Gasteiger partial charge in [0.05, 0.1) is 118 Å². The molecule has 18 heteroatoms. The largest absolute Gasteiger partial charge is 0.460 e. The number of halogens is 5. The molecule has 54 heavy (non-hydrogen) atoms. The topological polar surface area (TPSA) is 138 Å². The van der Waals surface area contributed by atoms with Gasteiger partial charge < -0.3 is 52.7 Å². The molecule has 0 radical (unpaired) electrons. The Morgan fingerprint density at radius 1 is 0.519 bits per heavy atom. The summed E-state index contributed by atoms with van der Waals surface area (Å²) in [6, 6.07) is 7.19. The van der Waals surface area contributed by atoms with E-state index in [1.54, 1.807) is 12.1 Å². The van der Waals surface area contributed by atoms with Crippen LogP contribution in [0.5, 0.6) is 5.75 Å². The molecule has 13 nitrogen and oxygen atoms in total. The van der Waals surface area contributed by atoms with Crippen LogP contribution in [0.25, 0.3) is 0 Å². The maximum atomic E-state index is 13.6. The van der Waals surface area contributed by atoms with Crippen LogP contribution in [0.1, 0.15) is 36.5 Å². The van der Waals surface area contributed by atoms with E-state index >= 15 is 0 Å². The van der Waals surface area contributed by atoms with Crippen LogP contribution in [-0.4, -0.2) is 131 Å². The third-order valence-electron chi connectivity index (χ3n) is 6.88. The van der Waals surface area contributed by atoms with Gasteiger partial charge in [0.25, 0.3) is 0 Å². The van der Waals surface area contributed by atoms with Gasteiger partial charge in [0.15, 0.2) is 0 Å². The molecule has 2 aromatic rings. The van der Waals surface area contributed by atoms with E-state index in [-0.39, 0.29) is 39.6 Å². The number of carbonyl (C=O) groups excluding carboxylic acids is 2. The zero-order valence-electron chi connectivity index (χ0n) is 30.4. The number of benzene rings is 2. The molecule has 0 aliphatic rings. The molecule has 0 amide bonds.